The first-order valence-electron chi connectivity index (χ1n) is 41.9. The first-order valence-corrected chi connectivity index (χ1v) is 41.9. The summed E-state index contributed by atoms with van der Waals surface area (Å²) in [5.74, 6) is 2.07. The number of nitrogens with zero attached hydrogens (tertiary/aromatic N) is 24. The molecule has 3 aliphatic heterocycles. The van der Waals surface area contributed by atoms with Gasteiger partial charge in [-0.25, -0.2) is 86.2 Å². The van der Waals surface area contributed by atoms with E-state index in [1.165, 1.54) is 25.7 Å². The Morgan fingerprint density at radius 1 is 0.550 bits per heavy atom. The Bertz CT molecular complexity index is 6240. The molecular weight excluding hydrogens is 1730 g/mol. The van der Waals surface area contributed by atoms with E-state index in [9.17, 15) is 26.3 Å². The second-order valence-corrected chi connectivity index (χ2v) is 31.7. The molecule has 0 spiro atoms. The van der Waals surface area contributed by atoms with Crippen LogP contribution in [0.25, 0.3) is 51.7 Å². The number of alkyl halides is 6. The molecule has 20 rings (SSSR count). The number of benzene rings is 2. The van der Waals surface area contributed by atoms with Gasteiger partial charge in [0.1, 0.15) is 76.3 Å². The van der Waals surface area contributed by atoms with E-state index in [0.717, 1.165) is 164 Å². The van der Waals surface area contributed by atoms with Crippen molar-refractivity contribution in [2.24, 2.45) is 0 Å². The summed E-state index contributed by atoms with van der Waals surface area (Å²) in [5, 5.41) is 39.8. The number of oxazole rings is 3. The third-order valence-electron chi connectivity index (χ3n) is 23.0. The number of carbonyl (C=O) groups excluding carboxylic acids is 1. The fourth-order valence-electron chi connectivity index (χ4n) is 16.4. The van der Waals surface area contributed by atoms with Gasteiger partial charge in [-0.05, 0) is 51.5 Å². The van der Waals surface area contributed by atoms with Gasteiger partial charge in [0.2, 0.25) is 53.3 Å². The monoisotopic (exact) mass is 1830 g/mol. The topological polar surface area (TPSA) is 439 Å². The Morgan fingerprint density at radius 2 is 0.924 bits per heavy atom. The van der Waals surface area contributed by atoms with Crippen molar-refractivity contribution >= 4 is 41.3 Å². The van der Waals surface area contributed by atoms with Crippen molar-refractivity contribution in [3.05, 3.63) is 172 Å². The standard InChI is InChI=1S/C30H33F2N9O3.C21H23F2N9O.C21H24N6O3.C10H13F2N3.C2H3N.CH2O3.2Na.H/c1-18-25(28-33-7-11-44-28)37-29(35-15-19-4-5-22(42-2)12-23(19)43-3)41-26(18)36-24(38-41)6-8-39-9-10-40-21(17-39)16-34-27(40)20-13-30(31,32)14-20;1-12-16(19-25-3-7-33-19)28-20(24)32-17(12)27-15(29-32)2-4-30-5-6-31-14(11-30)10-26-18(31)13-8-21(22,23)9-13;1-5-6-17-24-19-13(2)18(20-22-9-10-30-20)25-21(27(19)26-17)23-12-14-7-8-15(28-3)11-16(14)29-4;11-10(12)3-7(4-10)9-14-6-8-5-13-1-2-15(8)9;1-2-3;2-1-4-3;;;/h4-5,7,11-12,16,20H,6,8-10,13-15,17H2,1-3H3,(H,35,37);3,7,10,13H,2,4-6,8-9,11H2,1H3,(H2,24,28);7-11H,5-6,12H2,1-4H3,(H,23,25);6-7,13H,1-5H2;1H3;1,3H;;;/q;;;;;;2*+1;-1/p-1. The van der Waals surface area contributed by atoms with E-state index < -0.39 is 17.8 Å². The zero-order valence-electron chi connectivity index (χ0n) is 75.4. The smallest absolute Gasteiger partial charge is 1.00 e. The summed E-state index contributed by atoms with van der Waals surface area (Å²) in [6.45, 7) is 18.6. The van der Waals surface area contributed by atoms with E-state index in [4.69, 9.17) is 78.3 Å². The molecule has 14 aromatic rings. The number of imidazole rings is 3. The number of anilines is 3. The Labute approximate surface area is 792 Å². The van der Waals surface area contributed by atoms with Crippen LogP contribution in [-0.2, 0) is 81.3 Å². The number of nitrogens with two attached hydrogens (primary N) is 1. The van der Waals surface area contributed by atoms with Gasteiger partial charge in [0, 0.05) is 226 Å². The third-order valence-corrected chi connectivity index (χ3v) is 23.0. The number of carbonyl (C=O) groups is 1. The predicted molar refractivity (Wildman–Crippen MR) is 452 cm³/mol. The minimum Gasteiger partial charge on any atom is -1.00 e. The Balaban J connectivity index is 0.000000161. The van der Waals surface area contributed by atoms with Gasteiger partial charge in [-0.1, -0.05) is 6.92 Å². The van der Waals surface area contributed by atoms with Gasteiger partial charge in [-0.3, -0.25) is 14.6 Å². The van der Waals surface area contributed by atoms with E-state index in [1.807, 2.05) is 69.6 Å². The van der Waals surface area contributed by atoms with Crippen LogP contribution < -0.4 is 105 Å². The summed E-state index contributed by atoms with van der Waals surface area (Å²) in [6.07, 6.45) is 17.3. The number of hydrogen-bond donors (Lipinski definition) is 4. The summed E-state index contributed by atoms with van der Waals surface area (Å²) in [4.78, 5) is 70.1. The van der Waals surface area contributed by atoms with E-state index in [-0.39, 0.29) is 129 Å². The molecular formula is C85H98F6N28Na2O10. The van der Waals surface area contributed by atoms with E-state index in [2.05, 4.69) is 101 Å². The summed E-state index contributed by atoms with van der Waals surface area (Å²) in [7, 11) is 6.50. The maximum Gasteiger partial charge on any atom is 1.00 e. The molecule has 3 saturated carbocycles. The van der Waals surface area contributed by atoms with Crippen LogP contribution in [0.3, 0.4) is 0 Å². The molecule has 0 atom stereocenters. The summed E-state index contributed by atoms with van der Waals surface area (Å²) in [6, 6.07) is 13.1. The average molecular weight is 1830 g/mol. The number of nitriles is 1. The molecule has 0 amide bonds. The second-order valence-electron chi connectivity index (χ2n) is 31.7. The van der Waals surface area contributed by atoms with Crippen molar-refractivity contribution in [2.75, 3.05) is 77.5 Å². The van der Waals surface area contributed by atoms with Crippen LogP contribution in [0.1, 0.15) is 158 Å². The number of rotatable bonds is 25. The van der Waals surface area contributed by atoms with Gasteiger partial charge in [0.25, 0.3) is 6.47 Å². The van der Waals surface area contributed by atoms with Crippen LogP contribution in [0, 0.1) is 32.1 Å². The van der Waals surface area contributed by atoms with Crippen LogP contribution in [0.15, 0.2) is 106 Å². The third kappa shape index (κ3) is 22.1. The van der Waals surface area contributed by atoms with Crippen molar-refractivity contribution in [1.29, 1.82) is 5.26 Å². The molecule has 3 aliphatic carbocycles. The zero-order valence-corrected chi connectivity index (χ0v) is 78.4. The second kappa shape index (κ2) is 42.7. The van der Waals surface area contributed by atoms with Crippen molar-refractivity contribution < 1.29 is 134 Å². The van der Waals surface area contributed by atoms with Gasteiger partial charge in [-0.15, -0.1) is 15.3 Å². The Kier molecular flexibility index (Phi) is 31.6. The average Bonchev–Trinajstić information content (AvgIpc) is 1.61. The summed E-state index contributed by atoms with van der Waals surface area (Å²) >= 11 is 0. The molecule has 3 fully saturated rings. The van der Waals surface area contributed by atoms with Crippen molar-refractivity contribution in [3.8, 4) is 63.8 Å². The Morgan fingerprint density at radius 3 is 1.29 bits per heavy atom. The van der Waals surface area contributed by atoms with Crippen molar-refractivity contribution in [1.82, 2.24) is 117 Å². The number of aryl methyl sites for hydroxylation is 4. The van der Waals surface area contributed by atoms with Crippen molar-refractivity contribution in [2.45, 2.75) is 187 Å². The number of methoxy groups -OCH3 is 4. The van der Waals surface area contributed by atoms with Crippen LogP contribution >= 0.6 is 0 Å². The van der Waals surface area contributed by atoms with Gasteiger partial charge in [0.15, 0.2) is 34.4 Å². The molecule has 131 heavy (non-hydrogen) atoms. The molecule has 682 valence electrons. The number of nitrogens with one attached hydrogen (secondary N) is 3. The molecule has 38 nitrogen and oxygen atoms in total. The van der Waals surface area contributed by atoms with E-state index in [0.29, 0.717) is 114 Å². The molecule has 12 aromatic heterocycles. The Hall–Kier alpha value is -11.7. The SMILES string of the molecule is CC#N.CCCc1nc2c(C)c(-c3ncco3)nc(NCc3ccc(OC)cc3OC)n2n1.COc1ccc(CNc2nc(-c3ncco3)c(C)c3nc(CCN4CCn5c(cnc5C5CC(F)(F)C5)C4)nn23)c(OC)c1.Cc1c(-c2ncco2)nc(N)n2nc(CCN3CCn4c(cnc4C4CC(F)(F)C4)C3)nc12.FC1(F)CC(c2ncc3n2CCNC3)C1.O=CO[O-].[H-].[Na+].[Na+]. The van der Waals surface area contributed by atoms with Crippen LogP contribution in [-0.4, -0.2) is 198 Å². The molecule has 0 radical (unpaired) electrons. The van der Waals surface area contributed by atoms with Crippen LogP contribution in [0.2, 0.25) is 0 Å². The fraction of sp³-hybridized carbons (Fsp3) is 0.447. The largest absolute Gasteiger partial charge is 1.00 e. The van der Waals surface area contributed by atoms with Crippen molar-refractivity contribution in [3.63, 3.8) is 0 Å². The number of ether oxygens (including phenoxy) is 4. The first kappa shape index (κ1) is 96.9. The van der Waals surface area contributed by atoms with E-state index in [1.54, 1.807) is 72.8 Å². The summed E-state index contributed by atoms with van der Waals surface area (Å²) in [5.41, 5.74) is 17.5. The number of hydrogen-bond acceptors (Lipinski definition) is 32. The van der Waals surface area contributed by atoms with Gasteiger partial charge >= 0.3 is 59.1 Å². The number of nitrogen functional groups attached to an aromatic ring is 1. The predicted octanol–water partition coefficient (Wildman–Crippen LogP) is 5.18. The summed E-state index contributed by atoms with van der Waals surface area (Å²) < 4.78 is 128. The van der Waals surface area contributed by atoms with Gasteiger partial charge < -0.3 is 79.2 Å². The molecule has 15 heterocycles. The van der Waals surface area contributed by atoms with Crippen LogP contribution in [0.4, 0.5) is 44.2 Å². The minimum atomic E-state index is -2.56. The fourth-order valence-corrected chi connectivity index (χ4v) is 16.4. The zero-order chi connectivity index (χ0) is 90.8. The molecule has 0 saturated heterocycles. The van der Waals surface area contributed by atoms with E-state index >= 15 is 0 Å². The number of halogens is 6. The molecule has 46 heteroatoms. The quantitative estimate of drug-likeness (QED) is 0.0188. The normalized spacial score (nSPS) is 15.8. The maximum absolute atomic E-state index is 13.4. The molecule has 6 aliphatic rings. The molecule has 5 N–H and O–H groups in total. The number of aromatic nitrogens is 21. The van der Waals surface area contributed by atoms with Crippen LogP contribution in [0.5, 0.6) is 23.0 Å². The van der Waals surface area contributed by atoms with Gasteiger partial charge in [0.05, 0.1) is 70.2 Å². The number of fused-ring (bicyclic) bond motifs is 6. The molecule has 2 aromatic carbocycles. The molecule has 0 unspecified atom stereocenters. The minimum absolute atomic E-state index is 0. The molecule has 0 bridgehead atoms. The maximum atomic E-state index is 13.4. The van der Waals surface area contributed by atoms with Gasteiger partial charge in [-0.2, -0.15) is 18.8 Å². The first-order chi connectivity index (χ1) is 62.3.